The number of para-hydroxylation sites is 2. The van der Waals surface area contributed by atoms with Gasteiger partial charge in [0.15, 0.2) is 0 Å². The number of carbonyl (C=O) groups excluding carboxylic acids is 2. The summed E-state index contributed by atoms with van der Waals surface area (Å²) in [7, 11) is -2.81. The van der Waals surface area contributed by atoms with E-state index in [4.69, 9.17) is 9.47 Å². The smallest absolute Gasteiger partial charge is 0.348 e. The fraction of sp³-hybridized carbons (Fsp3) is 0.286. The number of ether oxygens (including phenoxy) is 2. The lowest BCUT2D eigenvalue weighted by molar-refractivity contribution is -0.148. The van der Waals surface area contributed by atoms with E-state index in [1.165, 1.54) is 16.3 Å². The van der Waals surface area contributed by atoms with Gasteiger partial charge in [0.2, 0.25) is 22.0 Å². The van der Waals surface area contributed by atoms with Crippen LogP contribution in [0.25, 0.3) is 0 Å². The van der Waals surface area contributed by atoms with Crippen LogP contribution in [0, 0.1) is 20.8 Å². The average molecular weight is 523 g/mol. The molecule has 0 fully saturated rings. The van der Waals surface area contributed by atoms with Crippen LogP contribution in [0.4, 0.5) is 5.69 Å². The van der Waals surface area contributed by atoms with Gasteiger partial charge in [-0.25, -0.2) is 13.2 Å². The molecule has 0 N–H and O–H groups in total. The zero-order valence-corrected chi connectivity index (χ0v) is 22.1. The number of rotatable bonds is 7. The van der Waals surface area contributed by atoms with Crippen LogP contribution >= 0.6 is 0 Å². The van der Waals surface area contributed by atoms with Crippen LogP contribution in [0.3, 0.4) is 0 Å². The Kier molecular flexibility index (Phi) is 7.65. The highest BCUT2D eigenvalue weighted by Crippen LogP contribution is 2.34. The number of hydrogen-bond acceptors (Lipinski definition) is 6. The summed E-state index contributed by atoms with van der Waals surface area (Å²) in [5.41, 5.74) is 3.40. The number of fused-ring (bicyclic) bond motifs is 1. The van der Waals surface area contributed by atoms with Crippen molar-refractivity contribution < 1.29 is 27.5 Å². The number of carbonyl (C=O) groups is 2. The Hall–Kier alpha value is -3.69. The van der Waals surface area contributed by atoms with Gasteiger partial charge in [-0.2, -0.15) is 4.31 Å². The van der Waals surface area contributed by atoms with Crippen molar-refractivity contribution in [2.24, 2.45) is 0 Å². The first-order valence-corrected chi connectivity index (χ1v) is 13.3. The van der Waals surface area contributed by atoms with Crippen LogP contribution in [0.2, 0.25) is 0 Å². The first-order valence-electron chi connectivity index (χ1n) is 11.9. The second-order valence-corrected chi connectivity index (χ2v) is 11.0. The zero-order valence-electron chi connectivity index (χ0n) is 21.3. The van der Waals surface area contributed by atoms with Crippen LogP contribution in [0.5, 0.6) is 5.75 Å². The van der Waals surface area contributed by atoms with Crippen molar-refractivity contribution in [1.82, 2.24) is 4.31 Å². The van der Waals surface area contributed by atoms with E-state index in [0.717, 1.165) is 11.1 Å². The molecule has 194 valence electrons. The van der Waals surface area contributed by atoms with Gasteiger partial charge in [0.1, 0.15) is 5.75 Å². The lowest BCUT2D eigenvalue weighted by Crippen LogP contribution is -2.50. The first kappa shape index (κ1) is 26.4. The van der Waals surface area contributed by atoms with Crippen molar-refractivity contribution in [2.45, 2.75) is 38.3 Å². The Bertz CT molecular complexity index is 1400. The maximum Gasteiger partial charge on any atom is 0.348 e. The van der Waals surface area contributed by atoms with Gasteiger partial charge in [0.25, 0.3) is 0 Å². The third-order valence-electron chi connectivity index (χ3n) is 6.25. The second-order valence-electron chi connectivity index (χ2n) is 9.09. The second kappa shape index (κ2) is 10.7. The van der Waals surface area contributed by atoms with E-state index in [0.29, 0.717) is 22.6 Å². The topological polar surface area (TPSA) is 93.2 Å². The van der Waals surface area contributed by atoms with Crippen molar-refractivity contribution in [2.75, 3.05) is 25.1 Å². The van der Waals surface area contributed by atoms with Crippen LogP contribution in [-0.2, 0) is 30.9 Å². The third-order valence-corrected chi connectivity index (χ3v) is 8.35. The minimum absolute atomic E-state index is 0.00802. The van der Waals surface area contributed by atoms with Crippen molar-refractivity contribution in [3.05, 3.63) is 89.0 Å². The lowest BCUT2D eigenvalue weighted by Gasteiger charge is -2.35. The molecule has 8 nitrogen and oxygen atoms in total. The van der Waals surface area contributed by atoms with Gasteiger partial charge in [-0.05, 0) is 49.6 Å². The van der Waals surface area contributed by atoms with E-state index in [9.17, 15) is 18.0 Å². The molecule has 1 aliphatic rings. The third kappa shape index (κ3) is 5.52. The summed E-state index contributed by atoms with van der Waals surface area (Å²) >= 11 is 0. The first-order chi connectivity index (χ1) is 17.6. The maximum atomic E-state index is 14.0. The highest BCUT2D eigenvalue weighted by atomic mass is 32.2. The standard InChI is InChI=1S/C28H30N2O6S/c1-19-14-20(2)27(21(3)15-19)37(33,34)29(16-22-10-6-5-7-11-22)18-26(31)30-17-25(28(32)35-4)36-24-13-9-8-12-23(24)30/h5-15,25H,16-18H2,1-4H3/t25-/m1/s1. The van der Waals surface area contributed by atoms with Gasteiger partial charge in [-0.3, -0.25) is 4.79 Å². The molecule has 0 unspecified atom stereocenters. The predicted octanol–water partition coefficient (Wildman–Crippen LogP) is 3.77. The fourth-order valence-corrected chi connectivity index (χ4v) is 6.47. The number of benzene rings is 3. The van der Waals surface area contributed by atoms with Crippen molar-refractivity contribution >= 4 is 27.6 Å². The summed E-state index contributed by atoms with van der Waals surface area (Å²) in [6, 6.07) is 19.6. The molecule has 4 rings (SSSR count). The predicted molar refractivity (Wildman–Crippen MR) is 140 cm³/mol. The van der Waals surface area contributed by atoms with Crippen molar-refractivity contribution in [1.29, 1.82) is 0 Å². The van der Waals surface area contributed by atoms with E-state index in [-0.39, 0.29) is 18.0 Å². The van der Waals surface area contributed by atoms with Crippen molar-refractivity contribution in [3.63, 3.8) is 0 Å². The average Bonchev–Trinajstić information content (AvgIpc) is 2.86. The van der Waals surface area contributed by atoms with Gasteiger partial charge in [0, 0.05) is 6.54 Å². The van der Waals surface area contributed by atoms with Crippen LogP contribution < -0.4 is 9.64 Å². The van der Waals surface area contributed by atoms with Crippen molar-refractivity contribution in [3.8, 4) is 5.75 Å². The summed E-state index contributed by atoms with van der Waals surface area (Å²) in [5.74, 6) is -0.751. The molecule has 1 amide bonds. The fourth-order valence-electron chi connectivity index (χ4n) is 4.68. The van der Waals surface area contributed by atoms with E-state index < -0.39 is 34.5 Å². The molecule has 0 bridgehead atoms. The minimum atomic E-state index is -4.06. The zero-order chi connectivity index (χ0) is 26.7. The molecule has 0 aliphatic carbocycles. The number of esters is 1. The molecule has 0 saturated carbocycles. The summed E-state index contributed by atoms with van der Waals surface area (Å²) < 4.78 is 39.8. The molecular formula is C28H30N2O6S. The van der Waals surface area contributed by atoms with Gasteiger partial charge in [0.05, 0.1) is 30.8 Å². The van der Waals surface area contributed by atoms with E-state index in [1.807, 2.05) is 49.4 Å². The molecule has 9 heteroatoms. The molecule has 3 aromatic carbocycles. The van der Waals surface area contributed by atoms with E-state index >= 15 is 0 Å². The number of methoxy groups -OCH3 is 1. The Morgan fingerprint density at radius 2 is 1.62 bits per heavy atom. The number of hydrogen-bond donors (Lipinski definition) is 0. The molecule has 1 atom stereocenters. The molecule has 1 aliphatic heterocycles. The number of nitrogens with zero attached hydrogens (tertiary/aromatic N) is 2. The van der Waals surface area contributed by atoms with Crippen LogP contribution in [0.15, 0.2) is 71.6 Å². The monoisotopic (exact) mass is 522 g/mol. The largest absolute Gasteiger partial charge is 0.475 e. The highest BCUT2D eigenvalue weighted by Gasteiger charge is 2.37. The Labute approximate surface area is 217 Å². The van der Waals surface area contributed by atoms with Crippen LogP contribution in [-0.4, -0.2) is 50.9 Å². The SMILES string of the molecule is COC(=O)[C@H]1CN(C(=O)CN(Cc2ccccc2)S(=O)(=O)c2c(C)cc(C)cc2C)c2ccccc2O1. The van der Waals surface area contributed by atoms with E-state index in [1.54, 1.807) is 38.1 Å². The molecule has 0 aromatic heterocycles. The summed E-state index contributed by atoms with van der Waals surface area (Å²) in [6.45, 7) is 4.92. The quantitative estimate of drug-likeness (QED) is 0.439. The van der Waals surface area contributed by atoms with E-state index in [2.05, 4.69) is 0 Å². The molecule has 0 radical (unpaired) electrons. The number of aryl methyl sites for hydroxylation is 3. The lowest BCUT2D eigenvalue weighted by atomic mass is 10.1. The molecule has 1 heterocycles. The van der Waals surface area contributed by atoms with Gasteiger partial charge < -0.3 is 14.4 Å². The molecular weight excluding hydrogens is 492 g/mol. The Morgan fingerprint density at radius 3 is 2.27 bits per heavy atom. The number of sulfonamides is 1. The van der Waals surface area contributed by atoms with Gasteiger partial charge in [-0.15, -0.1) is 0 Å². The molecule has 37 heavy (non-hydrogen) atoms. The normalized spacial score (nSPS) is 15.2. The Balaban J connectivity index is 1.73. The maximum absolute atomic E-state index is 14.0. The minimum Gasteiger partial charge on any atom is -0.475 e. The van der Waals surface area contributed by atoms with Crippen LogP contribution in [0.1, 0.15) is 22.3 Å². The molecule has 3 aromatic rings. The van der Waals surface area contributed by atoms with Gasteiger partial charge in [-0.1, -0.05) is 60.2 Å². The molecule has 0 saturated heterocycles. The Morgan fingerprint density at radius 1 is 1.00 bits per heavy atom. The summed E-state index contributed by atoms with van der Waals surface area (Å²) in [4.78, 5) is 27.6. The number of anilines is 1. The summed E-state index contributed by atoms with van der Waals surface area (Å²) in [5, 5.41) is 0. The molecule has 0 spiro atoms. The number of amides is 1. The highest BCUT2D eigenvalue weighted by molar-refractivity contribution is 7.89. The summed E-state index contributed by atoms with van der Waals surface area (Å²) in [6.07, 6.45) is -1.02. The van der Waals surface area contributed by atoms with Gasteiger partial charge >= 0.3 is 5.97 Å².